The van der Waals surface area contributed by atoms with E-state index in [1.807, 2.05) is 13.8 Å². The third kappa shape index (κ3) is 2.69. The molecule has 0 aromatic heterocycles. The Labute approximate surface area is 205 Å². The fraction of sp³-hybridized carbons (Fsp3) is 0.833. The van der Waals surface area contributed by atoms with Crippen molar-refractivity contribution >= 4 is 17.5 Å². The zero-order valence-electron chi connectivity index (χ0n) is 22.3. The van der Waals surface area contributed by atoms with Gasteiger partial charge in [0.1, 0.15) is 11.6 Å². The second-order valence-electron chi connectivity index (χ2n) is 14.6. The van der Waals surface area contributed by atoms with Crippen LogP contribution in [0.15, 0.2) is 11.6 Å². The van der Waals surface area contributed by atoms with Gasteiger partial charge in [-0.25, -0.2) is 0 Å². The summed E-state index contributed by atoms with van der Waals surface area (Å²) in [4.78, 5) is 38.6. The summed E-state index contributed by atoms with van der Waals surface area (Å²) in [6, 6.07) is 0. The molecule has 0 heterocycles. The number of allylic oxidation sites excluding steroid dienone is 1. The highest BCUT2D eigenvalue weighted by atomic mass is 16.4. The van der Waals surface area contributed by atoms with E-state index < -0.39 is 16.8 Å². The average Bonchev–Trinajstić information content (AvgIpc) is 2.72. The molecule has 7 atom stereocenters. The average molecular weight is 469 g/mol. The van der Waals surface area contributed by atoms with E-state index in [0.717, 1.165) is 44.1 Å². The Kier molecular flexibility index (Phi) is 4.89. The fourth-order valence-electron chi connectivity index (χ4n) is 10.3. The molecule has 0 aromatic rings. The van der Waals surface area contributed by atoms with Gasteiger partial charge in [0.25, 0.3) is 0 Å². The van der Waals surface area contributed by atoms with Crippen molar-refractivity contribution < 1.29 is 19.5 Å². The number of fused-ring (bicyclic) bond motifs is 7. The van der Waals surface area contributed by atoms with Crippen molar-refractivity contribution in [3.63, 3.8) is 0 Å². The first kappa shape index (κ1) is 24.3. The van der Waals surface area contributed by atoms with Crippen LogP contribution in [0.4, 0.5) is 0 Å². The number of carbonyl (C=O) groups excluding carboxylic acids is 2. The van der Waals surface area contributed by atoms with Crippen LogP contribution in [0.2, 0.25) is 0 Å². The number of hydrogen-bond donors (Lipinski definition) is 1. The Morgan fingerprint density at radius 3 is 2.15 bits per heavy atom. The minimum absolute atomic E-state index is 0.0107. The van der Waals surface area contributed by atoms with Gasteiger partial charge in [0.2, 0.25) is 0 Å². The fourth-order valence-corrected chi connectivity index (χ4v) is 10.3. The van der Waals surface area contributed by atoms with Crippen molar-refractivity contribution in [2.24, 2.45) is 50.2 Å². The molecule has 188 valence electrons. The number of Topliss-reactive ketones (excluding diaryl/α,β-unsaturated/α-hetero) is 2. The Hall–Kier alpha value is -1.45. The molecule has 0 amide bonds. The van der Waals surface area contributed by atoms with E-state index in [2.05, 4.69) is 40.7 Å². The van der Waals surface area contributed by atoms with E-state index in [9.17, 15) is 19.5 Å². The summed E-state index contributed by atoms with van der Waals surface area (Å²) in [6.07, 6.45) is 9.61. The van der Waals surface area contributed by atoms with Crippen LogP contribution < -0.4 is 0 Å². The lowest BCUT2D eigenvalue weighted by molar-refractivity contribution is -0.213. The van der Waals surface area contributed by atoms with E-state index in [0.29, 0.717) is 30.5 Å². The Balaban J connectivity index is 1.60. The summed E-state index contributed by atoms with van der Waals surface area (Å²) < 4.78 is 0. The van der Waals surface area contributed by atoms with Gasteiger partial charge >= 0.3 is 5.97 Å². The molecule has 4 saturated carbocycles. The highest BCUT2D eigenvalue weighted by Gasteiger charge is 2.70. The summed E-state index contributed by atoms with van der Waals surface area (Å²) in [7, 11) is 0. The molecule has 34 heavy (non-hydrogen) atoms. The Bertz CT molecular complexity index is 1000. The highest BCUT2D eigenvalue weighted by molar-refractivity contribution is 5.95. The summed E-state index contributed by atoms with van der Waals surface area (Å²) >= 11 is 0. The maximum Gasteiger partial charge on any atom is 0.314 e. The second-order valence-corrected chi connectivity index (χ2v) is 14.6. The number of ketones is 2. The van der Waals surface area contributed by atoms with Crippen LogP contribution in [0, 0.1) is 50.2 Å². The molecule has 0 aromatic carbocycles. The predicted molar refractivity (Wildman–Crippen MR) is 132 cm³/mol. The summed E-state index contributed by atoms with van der Waals surface area (Å²) in [6.45, 7) is 15.7. The predicted octanol–water partition coefficient (Wildman–Crippen LogP) is 6.62. The van der Waals surface area contributed by atoms with Crippen LogP contribution >= 0.6 is 0 Å². The molecule has 5 rings (SSSR count). The zero-order chi connectivity index (χ0) is 25.1. The van der Waals surface area contributed by atoms with Crippen LogP contribution in [-0.2, 0) is 14.4 Å². The van der Waals surface area contributed by atoms with Gasteiger partial charge in [0.15, 0.2) is 0 Å². The number of hydrogen-bond acceptors (Lipinski definition) is 3. The molecule has 4 nitrogen and oxygen atoms in total. The lowest BCUT2D eigenvalue weighted by Crippen LogP contribution is -2.66. The third-order valence-corrected chi connectivity index (χ3v) is 12.7. The topological polar surface area (TPSA) is 71.4 Å². The molecule has 0 spiro atoms. The smallest absolute Gasteiger partial charge is 0.314 e. The first-order valence-corrected chi connectivity index (χ1v) is 13.6. The van der Waals surface area contributed by atoms with Gasteiger partial charge in [-0.2, -0.15) is 0 Å². The number of carboxylic acid groups (broad SMARTS) is 1. The zero-order valence-corrected chi connectivity index (χ0v) is 22.3. The number of aliphatic carboxylic acids is 1. The molecule has 0 radical (unpaired) electrons. The molecule has 4 fully saturated rings. The first-order valence-electron chi connectivity index (χ1n) is 13.6. The Morgan fingerprint density at radius 2 is 1.50 bits per heavy atom. The molecule has 0 unspecified atom stereocenters. The van der Waals surface area contributed by atoms with Crippen LogP contribution in [-0.4, -0.2) is 22.6 Å². The quantitative estimate of drug-likeness (QED) is 0.439. The van der Waals surface area contributed by atoms with E-state index in [1.54, 1.807) is 0 Å². The van der Waals surface area contributed by atoms with E-state index in [4.69, 9.17) is 0 Å². The van der Waals surface area contributed by atoms with Crippen molar-refractivity contribution in [3.05, 3.63) is 11.6 Å². The van der Waals surface area contributed by atoms with Crippen LogP contribution in [0.1, 0.15) is 106 Å². The third-order valence-electron chi connectivity index (χ3n) is 12.7. The first-order chi connectivity index (χ1) is 15.6. The van der Waals surface area contributed by atoms with Gasteiger partial charge < -0.3 is 5.11 Å². The van der Waals surface area contributed by atoms with Crippen LogP contribution in [0.3, 0.4) is 0 Å². The summed E-state index contributed by atoms with van der Waals surface area (Å²) in [5.74, 6) is 0.866. The van der Waals surface area contributed by atoms with Crippen molar-refractivity contribution in [2.45, 2.75) is 106 Å². The van der Waals surface area contributed by atoms with Crippen molar-refractivity contribution in [2.75, 3.05) is 0 Å². The van der Waals surface area contributed by atoms with Gasteiger partial charge in [-0.1, -0.05) is 46.3 Å². The maximum absolute atomic E-state index is 13.0. The number of carboxylic acids is 1. The second kappa shape index (κ2) is 6.85. The molecule has 4 heteroatoms. The largest absolute Gasteiger partial charge is 0.481 e. The number of rotatable bonds is 1. The SMILES string of the molecule is CC1(C)C=C2[C@H]3CC[C@@H]4[C@@]5(C)CCC(=O)C(C)(C)[C@@H]5CC[C@@]4(C)[C@]3(C)CC[C@@]2(C(=O)O)CC1=O. The normalized spacial score (nSPS) is 49.1. The molecule has 5 aliphatic carbocycles. The van der Waals surface area contributed by atoms with Crippen LogP contribution in [0.25, 0.3) is 0 Å². The molecule has 0 aliphatic heterocycles. The van der Waals surface area contributed by atoms with Gasteiger partial charge in [-0.05, 0) is 92.8 Å². The standard InChI is InChI=1S/C30H44O4/c1-25(2)16-19-18-8-9-21-27(5)12-11-22(31)26(3,4)20(27)10-13-29(21,7)28(18,6)14-15-30(19,24(33)34)17-23(25)32/h16,18,20-21H,8-15,17H2,1-7H3,(H,33,34)/t18-,20+,21-,27+,28-,29-,30-/m1/s1. The lowest BCUT2D eigenvalue weighted by Gasteiger charge is -2.71. The summed E-state index contributed by atoms with van der Waals surface area (Å²) in [5, 5.41) is 10.4. The molecule has 5 aliphatic rings. The molecular weight excluding hydrogens is 424 g/mol. The minimum Gasteiger partial charge on any atom is -0.481 e. The van der Waals surface area contributed by atoms with Crippen molar-refractivity contribution in [1.29, 1.82) is 0 Å². The van der Waals surface area contributed by atoms with E-state index in [-0.39, 0.29) is 39.8 Å². The van der Waals surface area contributed by atoms with E-state index in [1.165, 1.54) is 0 Å². The highest BCUT2D eigenvalue weighted by Crippen LogP contribution is 2.76. The van der Waals surface area contributed by atoms with Crippen molar-refractivity contribution in [3.8, 4) is 0 Å². The monoisotopic (exact) mass is 468 g/mol. The van der Waals surface area contributed by atoms with Gasteiger partial charge in [0, 0.05) is 23.7 Å². The lowest BCUT2D eigenvalue weighted by atomic mass is 9.32. The van der Waals surface area contributed by atoms with Gasteiger partial charge in [-0.3, -0.25) is 14.4 Å². The molecule has 1 N–H and O–H groups in total. The number of carbonyl (C=O) groups is 3. The minimum atomic E-state index is -1.01. The van der Waals surface area contributed by atoms with Crippen LogP contribution in [0.5, 0.6) is 0 Å². The van der Waals surface area contributed by atoms with Crippen molar-refractivity contribution in [1.82, 2.24) is 0 Å². The molecular formula is C30H44O4. The summed E-state index contributed by atoms with van der Waals surface area (Å²) in [5.41, 5.74) is -0.541. The maximum atomic E-state index is 13.0. The van der Waals surface area contributed by atoms with Gasteiger partial charge in [0.05, 0.1) is 5.41 Å². The molecule has 0 bridgehead atoms. The van der Waals surface area contributed by atoms with E-state index >= 15 is 0 Å². The Morgan fingerprint density at radius 1 is 0.824 bits per heavy atom. The molecule has 0 saturated heterocycles. The van der Waals surface area contributed by atoms with Gasteiger partial charge in [-0.15, -0.1) is 0 Å².